The molecule has 5 heteroatoms. The predicted molar refractivity (Wildman–Crippen MR) is 75.8 cm³/mol. The molecule has 1 aliphatic carbocycles. The quantitative estimate of drug-likeness (QED) is 0.820. The molecule has 0 bridgehead atoms. The summed E-state index contributed by atoms with van der Waals surface area (Å²) >= 11 is 0. The first-order valence-electron chi connectivity index (χ1n) is 7.26. The van der Waals surface area contributed by atoms with Gasteiger partial charge in [0.2, 0.25) is 0 Å². The summed E-state index contributed by atoms with van der Waals surface area (Å²) < 4.78 is 33.1. The van der Waals surface area contributed by atoms with E-state index in [9.17, 15) is 13.6 Å². The number of ether oxygens (including phenoxy) is 1. The molecule has 1 N–H and O–H groups in total. The van der Waals surface area contributed by atoms with E-state index in [0.717, 1.165) is 25.0 Å². The van der Waals surface area contributed by atoms with Crippen molar-refractivity contribution in [3.8, 4) is 0 Å². The Morgan fingerprint density at radius 2 is 2.05 bits per heavy atom. The lowest BCUT2D eigenvalue weighted by atomic mass is 9.90. The predicted octanol–water partition coefficient (Wildman–Crippen LogP) is 3.05. The van der Waals surface area contributed by atoms with Gasteiger partial charge in [0.15, 0.2) is 0 Å². The molecule has 1 fully saturated rings. The molecule has 1 unspecified atom stereocenters. The minimum atomic E-state index is -1.38. The van der Waals surface area contributed by atoms with E-state index in [0.29, 0.717) is 12.5 Å². The van der Waals surface area contributed by atoms with E-state index in [1.807, 2.05) is 0 Å². The van der Waals surface area contributed by atoms with Gasteiger partial charge in [-0.1, -0.05) is 0 Å². The number of esters is 1. The Kier molecular flexibility index (Phi) is 4.61. The molecule has 0 amide bonds. The lowest BCUT2D eigenvalue weighted by Crippen LogP contribution is -2.49. The average molecular weight is 297 g/mol. The normalized spacial score (nSPS) is 17.4. The van der Waals surface area contributed by atoms with Crippen molar-refractivity contribution >= 4 is 5.97 Å². The smallest absolute Gasteiger partial charge is 0.330 e. The van der Waals surface area contributed by atoms with E-state index >= 15 is 0 Å². The molecular formula is C16H21F2NO2. The molecule has 0 aromatic heterocycles. The van der Waals surface area contributed by atoms with Crippen LogP contribution in [0, 0.1) is 24.5 Å². The molecule has 1 aromatic rings. The lowest BCUT2D eigenvalue weighted by Gasteiger charge is -2.29. The van der Waals surface area contributed by atoms with Gasteiger partial charge in [-0.25, -0.2) is 13.6 Å². The van der Waals surface area contributed by atoms with Crippen LogP contribution in [-0.4, -0.2) is 19.1 Å². The number of halogens is 2. The Hall–Kier alpha value is -1.49. The van der Waals surface area contributed by atoms with Crippen LogP contribution >= 0.6 is 0 Å². The third kappa shape index (κ3) is 3.40. The molecule has 1 atom stereocenters. The Morgan fingerprint density at radius 1 is 1.38 bits per heavy atom. The van der Waals surface area contributed by atoms with Gasteiger partial charge in [0.1, 0.15) is 17.2 Å². The number of carbonyl (C=O) groups is 1. The van der Waals surface area contributed by atoms with Crippen LogP contribution in [0.4, 0.5) is 8.78 Å². The third-order valence-electron chi connectivity index (χ3n) is 3.91. The highest BCUT2D eigenvalue weighted by Crippen LogP contribution is 2.32. The third-order valence-corrected chi connectivity index (χ3v) is 3.91. The van der Waals surface area contributed by atoms with Gasteiger partial charge in [-0.2, -0.15) is 0 Å². The second-order valence-corrected chi connectivity index (χ2v) is 5.75. The summed E-state index contributed by atoms with van der Waals surface area (Å²) in [6, 6.07) is 2.20. The summed E-state index contributed by atoms with van der Waals surface area (Å²) in [4.78, 5) is 12.3. The number of rotatable bonds is 6. The number of carbonyl (C=O) groups excluding carboxylic acids is 1. The molecule has 1 aromatic carbocycles. The van der Waals surface area contributed by atoms with Crippen LogP contribution in [0.3, 0.4) is 0 Å². The fourth-order valence-electron chi connectivity index (χ4n) is 2.25. The monoisotopic (exact) mass is 297 g/mol. The van der Waals surface area contributed by atoms with E-state index in [1.165, 1.54) is 6.92 Å². The van der Waals surface area contributed by atoms with E-state index in [1.54, 1.807) is 13.8 Å². The summed E-state index contributed by atoms with van der Waals surface area (Å²) in [6.07, 6.45) is 2.19. The molecule has 1 saturated carbocycles. The maximum absolute atomic E-state index is 14.3. The first kappa shape index (κ1) is 15.9. The first-order chi connectivity index (χ1) is 9.88. The number of benzene rings is 1. The SMILES string of the molecule is CCOC(=O)C(C)(NCC1CC1)c1cc(F)c(C)cc1F. The van der Waals surface area contributed by atoms with E-state index in [-0.39, 0.29) is 17.7 Å². The lowest BCUT2D eigenvalue weighted by molar-refractivity contribution is -0.151. The topological polar surface area (TPSA) is 38.3 Å². The second kappa shape index (κ2) is 6.10. The van der Waals surface area contributed by atoms with Gasteiger partial charge < -0.3 is 4.74 Å². The van der Waals surface area contributed by atoms with Crippen molar-refractivity contribution in [3.63, 3.8) is 0 Å². The van der Waals surface area contributed by atoms with Gasteiger partial charge >= 0.3 is 5.97 Å². The van der Waals surface area contributed by atoms with Crippen LogP contribution in [-0.2, 0) is 15.1 Å². The van der Waals surface area contributed by atoms with Crippen molar-refractivity contribution in [1.29, 1.82) is 0 Å². The number of hydrogen-bond donors (Lipinski definition) is 1. The minimum Gasteiger partial charge on any atom is -0.464 e. The zero-order valence-electron chi connectivity index (χ0n) is 12.6. The summed E-state index contributed by atoms with van der Waals surface area (Å²) in [7, 11) is 0. The highest BCUT2D eigenvalue weighted by Gasteiger charge is 2.40. The molecule has 1 aliphatic rings. The van der Waals surface area contributed by atoms with Gasteiger partial charge in [-0.15, -0.1) is 0 Å². The molecule has 0 heterocycles. The van der Waals surface area contributed by atoms with E-state index in [4.69, 9.17) is 4.74 Å². The van der Waals surface area contributed by atoms with Gasteiger partial charge in [0.05, 0.1) is 6.61 Å². The largest absolute Gasteiger partial charge is 0.464 e. The van der Waals surface area contributed by atoms with Crippen molar-refractivity contribution in [2.45, 2.75) is 39.2 Å². The summed E-state index contributed by atoms with van der Waals surface area (Å²) in [5.74, 6) is -1.23. The van der Waals surface area contributed by atoms with Crippen molar-refractivity contribution in [1.82, 2.24) is 5.32 Å². The molecule has 2 rings (SSSR count). The molecule has 3 nitrogen and oxygen atoms in total. The summed E-state index contributed by atoms with van der Waals surface area (Å²) in [5.41, 5.74) is -1.17. The maximum atomic E-state index is 14.3. The van der Waals surface area contributed by atoms with Gasteiger partial charge in [-0.3, -0.25) is 5.32 Å². The number of aryl methyl sites for hydroxylation is 1. The van der Waals surface area contributed by atoms with Crippen LogP contribution < -0.4 is 5.32 Å². The maximum Gasteiger partial charge on any atom is 0.330 e. The van der Waals surface area contributed by atoms with Gasteiger partial charge in [0, 0.05) is 5.56 Å². The second-order valence-electron chi connectivity index (χ2n) is 5.75. The Bertz CT molecular complexity index is 543. The highest BCUT2D eigenvalue weighted by molar-refractivity contribution is 5.82. The van der Waals surface area contributed by atoms with Crippen LogP contribution in [0.1, 0.15) is 37.8 Å². The molecule has 0 radical (unpaired) electrons. The summed E-state index contributed by atoms with van der Waals surface area (Å²) in [6.45, 7) is 5.49. The number of hydrogen-bond acceptors (Lipinski definition) is 3. The molecule has 116 valence electrons. The fourth-order valence-corrected chi connectivity index (χ4v) is 2.25. The molecule has 0 saturated heterocycles. The van der Waals surface area contributed by atoms with E-state index in [2.05, 4.69) is 5.32 Å². The zero-order valence-corrected chi connectivity index (χ0v) is 12.6. The Balaban J connectivity index is 2.37. The highest BCUT2D eigenvalue weighted by atomic mass is 19.1. The van der Waals surface area contributed by atoms with Crippen molar-refractivity contribution in [2.24, 2.45) is 5.92 Å². The van der Waals surface area contributed by atoms with Crippen molar-refractivity contribution < 1.29 is 18.3 Å². The Morgan fingerprint density at radius 3 is 2.62 bits per heavy atom. The van der Waals surface area contributed by atoms with Crippen LogP contribution in [0.15, 0.2) is 12.1 Å². The first-order valence-corrected chi connectivity index (χ1v) is 7.26. The van der Waals surface area contributed by atoms with Crippen LogP contribution in [0.5, 0.6) is 0 Å². The van der Waals surface area contributed by atoms with Crippen LogP contribution in [0.25, 0.3) is 0 Å². The van der Waals surface area contributed by atoms with Crippen LogP contribution in [0.2, 0.25) is 0 Å². The summed E-state index contributed by atoms with van der Waals surface area (Å²) in [5, 5.41) is 3.07. The van der Waals surface area contributed by atoms with Crippen molar-refractivity contribution in [3.05, 3.63) is 34.9 Å². The standard InChI is InChI=1S/C16H21F2NO2/c1-4-21-15(20)16(3,19-9-11-5-6-11)12-8-13(17)10(2)7-14(12)18/h7-8,11,19H,4-6,9H2,1-3H3. The molecule has 21 heavy (non-hydrogen) atoms. The molecular weight excluding hydrogens is 276 g/mol. The van der Waals surface area contributed by atoms with Gasteiger partial charge in [0.25, 0.3) is 0 Å². The minimum absolute atomic E-state index is 0.00954. The van der Waals surface area contributed by atoms with E-state index < -0.39 is 23.1 Å². The van der Waals surface area contributed by atoms with Crippen molar-refractivity contribution in [2.75, 3.05) is 13.2 Å². The van der Waals surface area contributed by atoms with Gasteiger partial charge in [-0.05, 0) is 63.8 Å². The fraction of sp³-hybridized carbons (Fsp3) is 0.562. The molecule has 0 aliphatic heterocycles. The number of nitrogens with one attached hydrogen (secondary N) is 1. The Labute approximate surface area is 123 Å². The zero-order chi connectivity index (χ0) is 15.6. The average Bonchev–Trinajstić information content (AvgIpc) is 3.24. The molecule has 0 spiro atoms.